The van der Waals surface area contributed by atoms with Gasteiger partial charge in [0.1, 0.15) is 5.82 Å². The number of rotatable bonds is 2. The predicted molar refractivity (Wildman–Crippen MR) is 42.7 cm³/mol. The number of hydrogen-bond acceptors (Lipinski definition) is 2. The number of hydrogen-bond donors (Lipinski definition) is 0. The summed E-state index contributed by atoms with van der Waals surface area (Å²) in [5.74, 6) is -1.21. The molecule has 0 unspecified atom stereocenters. The minimum Gasteiger partial charge on any atom is -0.258 e. The van der Waals surface area contributed by atoms with Crippen molar-refractivity contribution in [2.75, 3.05) is 0 Å². The van der Waals surface area contributed by atoms with E-state index in [4.69, 9.17) is 0 Å². The van der Waals surface area contributed by atoms with Gasteiger partial charge < -0.3 is 0 Å². The Balaban J connectivity index is 3.33. The Labute approximate surface area is 77.3 Å². The highest BCUT2D eigenvalue weighted by Crippen LogP contribution is 2.29. The highest BCUT2D eigenvalue weighted by atomic mass is 19.3. The third-order valence-corrected chi connectivity index (χ3v) is 1.82. The minimum absolute atomic E-state index is 0.368. The largest absolute Gasteiger partial charge is 0.275 e. The van der Waals surface area contributed by atoms with Crippen molar-refractivity contribution in [2.24, 2.45) is 0 Å². The van der Waals surface area contributed by atoms with E-state index in [0.29, 0.717) is 0 Å². The molecule has 0 aliphatic rings. The Hall–Kier alpha value is -1.59. The van der Waals surface area contributed by atoms with E-state index in [1.807, 2.05) is 0 Å². The molecular weight excluding hydrogens is 199 g/mol. The molecule has 0 saturated heterocycles. The van der Waals surface area contributed by atoms with Crippen molar-refractivity contribution in [2.45, 2.75) is 13.3 Å². The molecule has 76 valence electrons. The van der Waals surface area contributed by atoms with E-state index in [1.54, 1.807) is 0 Å². The van der Waals surface area contributed by atoms with Gasteiger partial charge in [0.25, 0.3) is 12.1 Å². The van der Waals surface area contributed by atoms with Crippen LogP contribution in [0, 0.1) is 22.9 Å². The van der Waals surface area contributed by atoms with Crippen LogP contribution in [0.5, 0.6) is 0 Å². The van der Waals surface area contributed by atoms with Crippen molar-refractivity contribution in [3.63, 3.8) is 0 Å². The maximum atomic E-state index is 13.1. The lowest BCUT2D eigenvalue weighted by Gasteiger charge is -2.04. The fourth-order valence-corrected chi connectivity index (χ4v) is 1.06. The molecule has 0 atom stereocenters. The minimum atomic E-state index is -2.96. The van der Waals surface area contributed by atoms with Crippen LogP contribution >= 0.6 is 0 Å². The van der Waals surface area contributed by atoms with Gasteiger partial charge in [0.05, 0.1) is 16.1 Å². The van der Waals surface area contributed by atoms with Gasteiger partial charge in [-0.3, -0.25) is 10.1 Å². The van der Waals surface area contributed by atoms with E-state index in [2.05, 4.69) is 0 Å². The first kappa shape index (κ1) is 10.5. The molecule has 0 N–H and O–H groups in total. The number of benzene rings is 1. The Morgan fingerprint density at radius 1 is 1.43 bits per heavy atom. The third kappa shape index (κ3) is 1.68. The van der Waals surface area contributed by atoms with Crippen molar-refractivity contribution < 1.29 is 18.1 Å². The summed E-state index contributed by atoms with van der Waals surface area (Å²) in [4.78, 5) is 9.49. The molecule has 0 aliphatic heterocycles. The fourth-order valence-electron chi connectivity index (χ4n) is 1.06. The molecular formula is C8H6F3NO2. The second kappa shape index (κ2) is 3.65. The van der Waals surface area contributed by atoms with E-state index in [0.717, 1.165) is 19.1 Å². The molecule has 6 heteroatoms. The van der Waals surface area contributed by atoms with Crippen LogP contribution in [0.3, 0.4) is 0 Å². The van der Waals surface area contributed by atoms with Crippen LogP contribution in [0.4, 0.5) is 18.9 Å². The predicted octanol–water partition coefficient (Wildman–Crippen LogP) is 2.98. The van der Waals surface area contributed by atoms with Gasteiger partial charge in [-0.05, 0) is 13.0 Å². The van der Waals surface area contributed by atoms with Gasteiger partial charge >= 0.3 is 0 Å². The lowest BCUT2D eigenvalue weighted by molar-refractivity contribution is -0.385. The molecule has 0 spiro atoms. The average molecular weight is 205 g/mol. The summed E-state index contributed by atoms with van der Waals surface area (Å²) < 4.78 is 37.4. The van der Waals surface area contributed by atoms with E-state index < -0.39 is 28.4 Å². The van der Waals surface area contributed by atoms with Crippen LogP contribution in [0.15, 0.2) is 12.1 Å². The Kier molecular flexibility index (Phi) is 2.73. The summed E-state index contributed by atoms with van der Waals surface area (Å²) >= 11 is 0. The van der Waals surface area contributed by atoms with Crippen LogP contribution in [-0.2, 0) is 0 Å². The summed E-state index contributed by atoms with van der Waals surface area (Å²) in [6.07, 6.45) is -2.96. The monoisotopic (exact) mass is 205 g/mol. The zero-order valence-electron chi connectivity index (χ0n) is 7.13. The van der Waals surface area contributed by atoms with Crippen molar-refractivity contribution in [1.29, 1.82) is 0 Å². The van der Waals surface area contributed by atoms with Gasteiger partial charge in [-0.25, -0.2) is 13.2 Å². The lowest BCUT2D eigenvalue weighted by Crippen LogP contribution is -1.99. The maximum Gasteiger partial charge on any atom is 0.275 e. The lowest BCUT2D eigenvalue weighted by atomic mass is 10.1. The molecule has 0 bridgehead atoms. The highest BCUT2D eigenvalue weighted by molar-refractivity contribution is 5.43. The summed E-state index contributed by atoms with van der Waals surface area (Å²) in [7, 11) is 0. The number of nitro benzene ring substituents is 1. The molecule has 0 fully saturated rings. The molecule has 0 saturated carbocycles. The number of alkyl halides is 2. The molecule has 1 aromatic carbocycles. The third-order valence-electron chi connectivity index (χ3n) is 1.82. The van der Waals surface area contributed by atoms with Crippen LogP contribution in [0.1, 0.15) is 17.6 Å². The van der Waals surface area contributed by atoms with E-state index in [-0.39, 0.29) is 5.56 Å². The normalized spacial score (nSPS) is 10.6. The molecule has 1 rings (SSSR count). The summed E-state index contributed by atoms with van der Waals surface area (Å²) in [6, 6.07) is 1.60. The summed E-state index contributed by atoms with van der Waals surface area (Å²) in [5, 5.41) is 10.3. The van der Waals surface area contributed by atoms with Crippen molar-refractivity contribution in [3.8, 4) is 0 Å². The second-order valence-electron chi connectivity index (χ2n) is 2.67. The SMILES string of the molecule is Cc1c([N+](=O)[O-])ccc(C(F)F)c1F. The summed E-state index contributed by atoms with van der Waals surface area (Å²) in [5.41, 5.74) is -1.67. The van der Waals surface area contributed by atoms with Crippen molar-refractivity contribution in [1.82, 2.24) is 0 Å². The Morgan fingerprint density at radius 2 is 2.00 bits per heavy atom. The van der Waals surface area contributed by atoms with Gasteiger partial charge in [-0.1, -0.05) is 0 Å². The highest BCUT2D eigenvalue weighted by Gasteiger charge is 2.21. The first-order valence-electron chi connectivity index (χ1n) is 3.66. The molecule has 0 heterocycles. The van der Waals surface area contributed by atoms with Crippen LogP contribution in [-0.4, -0.2) is 4.92 Å². The Morgan fingerprint density at radius 3 is 2.43 bits per heavy atom. The first-order valence-corrected chi connectivity index (χ1v) is 3.66. The zero-order valence-corrected chi connectivity index (χ0v) is 7.13. The van der Waals surface area contributed by atoms with E-state index in [1.165, 1.54) is 0 Å². The summed E-state index contributed by atoms with van der Waals surface area (Å²) in [6.45, 7) is 1.10. The van der Waals surface area contributed by atoms with Gasteiger partial charge in [0.2, 0.25) is 0 Å². The Bertz CT molecular complexity index is 379. The quantitative estimate of drug-likeness (QED) is 0.550. The number of nitro groups is 1. The van der Waals surface area contributed by atoms with Crippen LogP contribution < -0.4 is 0 Å². The second-order valence-corrected chi connectivity index (χ2v) is 2.67. The van der Waals surface area contributed by atoms with Gasteiger partial charge in [0, 0.05) is 6.07 Å². The molecule has 1 aromatic rings. The zero-order chi connectivity index (χ0) is 10.9. The fraction of sp³-hybridized carbons (Fsp3) is 0.250. The molecule has 14 heavy (non-hydrogen) atoms. The smallest absolute Gasteiger partial charge is 0.258 e. The number of nitrogens with zero attached hydrogens (tertiary/aromatic N) is 1. The standard InChI is InChI=1S/C8H6F3NO2/c1-4-6(12(13)14)3-2-5(7(4)9)8(10)11/h2-3,8H,1H3. The van der Waals surface area contributed by atoms with Gasteiger partial charge in [-0.2, -0.15) is 0 Å². The van der Waals surface area contributed by atoms with Gasteiger partial charge in [0.15, 0.2) is 0 Å². The molecule has 0 radical (unpaired) electrons. The molecule has 0 aliphatic carbocycles. The first-order chi connectivity index (χ1) is 6.45. The molecule has 3 nitrogen and oxygen atoms in total. The maximum absolute atomic E-state index is 13.1. The van der Waals surface area contributed by atoms with Gasteiger partial charge in [-0.15, -0.1) is 0 Å². The van der Waals surface area contributed by atoms with Crippen LogP contribution in [0.25, 0.3) is 0 Å². The number of halogens is 3. The molecule has 0 amide bonds. The topological polar surface area (TPSA) is 43.1 Å². The van der Waals surface area contributed by atoms with Crippen LogP contribution in [0.2, 0.25) is 0 Å². The molecule has 0 aromatic heterocycles. The van der Waals surface area contributed by atoms with E-state index >= 15 is 0 Å². The van der Waals surface area contributed by atoms with Crippen molar-refractivity contribution >= 4 is 5.69 Å². The van der Waals surface area contributed by atoms with E-state index in [9.17, 15) is 23.3 Å². The van der Waals surface area contributed by atoms with Crippen molar-refractivity contribution in [3.05, 3.63) is 39.2 Å². The average Bonchev–Trinajstić information content (AvgIpc) is 2.08.